The Hall–Kier alpha value is -8.32. The van der Waals surface area contributed by atoms with Crippen LogP contribution in [0.4, 0.5) is 0 Å². The molecule has 0 atom stereocenters. The third kappa shape index (κ3) is 4.02. The summed E-state index contributed by atoms with van der Waals surface area (Å²) in [6.07, 6.45) is 0. The highest BCUT2D eigenvalue weighted by molar-refractivity contribution is 6.54. The second-order valence-corrected chi connectivity index (χ2v) is 20.4. The predicted octanol–water partition coefficient (Wildman–Crippen LogP) is 19.6. The van der Waals surface area contributed by atoms with Crippen LogP contribution < -0.4 is 0 Å². The van der Waals surface area contributed by atoms with Crippen molar-refractivity contribution in [3.63, 3.8) is 0 Å². The Bertz CT molecular complexity index is 5050. The zero-order valence-electron chi connectivity index (χ0n) is 38.2. The minimum Gasteiger partial charge on any atom is -0.0622 e. The highest BCUT2D eigenvalue weighted by atomic mass is 14.3. The molecule has 0 heterocycles. The van der Waals surface area contributed by atoms with Crippen molar-refractivity contribution in [2.75, 3.05) is 0 Å². The SMILES string of the molecule is Cc1cc(C)cc(-c2c3cccc4c5c(C)cc(C)cc5c(c34)c3c4ccc5c6ccc7c8c(-c9ccccc9)c9cccc%10c%11ccccc%11c(c9%10)c8c8ccc(c9ccc(c23)c4c95)c6c78)c1. The van der Waals surface area contributed by atoms with Gasteiger partial charge in [0.2, 0.25) is 0 Å². The minimum absolute atomic E-state index is 1.27. The molecule has 0 saturated heterocycles. The number of hydrogen-bond acceptors (Lipinski definition) is 0. The average molecular weight is 857 g/mol. The molecule has 17 aromatic rings. The van der Waals surface area contributed by atoms with Crippen LogP contribution in [0.3, 0.4) is 0 Å². The Morgan fingerprint density at radius 1 is 0.191 bits per heavy atom. The van der Waals surface area contributed by atoms with Gasteiger partial charge in [0.05, 0.1) is 0 Å². The maximum absolute atomic E-state index is 2.50. The van der Waals surface area contributed by atoms with Crippen molar-refractivity contribution in [1.82, 2.24) is 0 Å². The van der Waals surface area contributed by atoms with Gasteiger partial charge < -0.3 is 0 Å². The first kappa shape index (κ1) is 35.9. The van der Waals surface area contributed by atoms with E-state index in [4.69, 9.17) is 0 Å². The third-order valence-electron chi connectivity index (χ3n) is 16.7. The summed E-state index contributed by atoms with van der Waals surface area (Å²) in [6, 6.07) is 66.1. The van der Waals surface area contributed by atoms with E-state index >= 15 is 0 Å². The van der Waals surface area contributed by atoms with E-state index in [-0.39, 0.29) is 0 Å². The van der Waals surface area contributed by atoms with E-state index in [2.05, 4.69) is 198 Å². The molecule has 0 aliphatic carbocycles. The molecule has 0 nitrogen and oxygen atoms in total. The molecule has 0 N–H and O–H groups in total. The Labute approximate surface area is 390 Å². The summed E-state index contributed by atoms with van der Waals surface area (Å²) in [5.74, 6) is 0. The van der Waals surface area contributed by atoms with Gasteiger partial charge in [0.1, 0.15) is 0 Å². The fraction of sp³-hybridized carbons (Fsp3) is 0.0588. The van der Waals surface area contributed by atoms with Gasteiger partial charge in [-0.15, -0.1) is 0 Å². The average Bonchev–Trinajstić information content (AvgIpc) is 4.08. The lowest BCUT2D eigenvalue weighted by molar-refractivity contribution is 1.39. The van der Waals surface area contributed by atoms with Crippen molar-refractivity contribution >= 4 is 151 Å². The van der Waals surface area contributed by atoms with Crippen LogP contribution >= 0.6 is 0 Å². The molecular formula is C68H40. The smallest absolute Gasteiger partial charge is 0.000696 e. The van der Waals surface area contributed by atoms with E-state index in [1.54, 1.807) is 0 Å². The molecule has 0 aliphatic rings. The first-order chi connectivity index (χ1) is 33.4. The van der Waals surface area contributed by atoms with Crippen molar-refractivity contribution in [3.8, 4) is 22.3 Å². The van der Waals surface area contributed by atoms with E-state index in [0.717, 1.165) is 0 Å². The fourth-order valence-corrected chi connectivity index (χ4v) is 14.6. The van der Waals surface area contributed by atoms with Gasteiger partial charge in [0, 0.05) is 0 Å². The van der Waals surface area contributed by atoms with Crippen LogP contribution in [0.1, 0.15) is 22.3 Å². The molecule has 0 aromatic heterocycles. The van der Waals surface area contributed by atoms with Crippen molar-refractivity contribution in [2.24, 2.45) is 0 Å². The molecule has 0 unspecified atom stereocenters. The maximum Gasteiger partial charge on any atom is -0.000696 e. The largest absolute Gasteiger partial charge is 0.0622 e. The lowest BCUT2D eigenvalue weighted by Crippen LogP contribution is -1.88. The van der Waals surface area contributed by atoms with Crippen molar-refractivity contribution in [3.05, 3.63) is 192 Å². The summed E-state index contributed by atoms with van der Waals surface area (Å²) in [5.41, 5.74) is 10.5. The number of rotatable bonds is 2. The Morgan fingerprint density at radius 2 is 0.544 bits per heavy atom. The highest BCUT2D eigenvalue weighted by Crippen LogP contribution is 2.58. The zero-order valence-corrected chi connectivity index (χ0v) is 38.2. The molecule has 17 aromatic carbocycles. The standard InChI is InChI=1S/C68H40/c1-33-28-34(2)31-38(30-33)56-48-19-11-17-46-54-36(4)29-35(3)32-53(54)68(62(46)48)67-52-27-23-45-42-20-24-49-60-51(26-22-44(57(42)60)43-21-25-50(65(56)67)61(52)58(43)45)66-63-41-15-9-8-14-39(41)40-16-10-18-47(59(40)63)55(64(49)66)37-12-6-5-7-13-37/h5-32H,1-4H3. The molecule has 312 valence electrons. The van der Waals surface area contributed by atoms with Gasteiger partial charge >= 0.3 is 0 Å². The molecule has 0 amide bonds. The summed E-state index contributed by atoms with van der Waals surface area (Å²) < 4.78 is 0. The fourth-order valence-electron chi connectivity index (χ4n) is 14.6. The van der Waals surface area contributed by atoms with E-state index in [1.165, 1.54) is 195 Å². The summed E-state index contributed by atoms with van der Waals surface area (Å²) in [7, 11) is 0. The summed E-state index contributed by atoms with van der Waals surface area (Å²) >= 11 is 0. The van der Waals surface area contributed by atoms with Crippen LogP contribution in [-0.2, 0) is 0 Å². The second kappa shape index (κ2) is 12.0. The van der Waals surface area contributed by atoms with Gasteiger partial charge in [0.25, 0.3) is 0 Å². The van der Waals surface area contributed by atoms with Gasteiger partial charge in [-0.3, -0.25) is 0 Å². The molecule has 17 rings (SSSR count). The molecule has 0 heteroatoms. The van der Waals surface area contributed by atoms with E-state index in [9.17, 15) is 0 Å². The van der Waals surface area contributed by atoms with Crippen molar-refractivity contribution < 1.29 is 0 Å². The number of fused-ring (bicyclic) bond motifs is 16. The number of benzene rings is 13. The number of aryl methyl sites for hydroxylation is 4. The van der Waals surface area contributed by atoms with Crippen molar-refractivity contribution in [2.45, 2.75) is 27.7 Å². The Kier molecular flexibility index (Phi) is 6.32. The van der Waals surface area contributed by atoms with Crippen LogP contribution in [0.25, 0.3) is 173 Å². The van der Waals surface area contributed by atoms with E-state index in [0.29, 0.717) is 0 Å². The van der Waals surface area contributed by atoms with Gasteiger partial charge in [-0.1, -0.05) is 187 Å². The zero-order chi connectivity index (χ0) is 44.6. The lowest BCUT2D eigenvalue weighted by atomic mass is 9.87. The monoisotopic (exact) mass is 856 g/mol. The second-order valence-electron chi connectivity index (χ2n) is 20.4. The molecule has 0 spiro atoms. The van der Waals surface area contributed by atoms with Gasteiger partial charge in [0.15, 0.2) is 0 Å². The first-order valence-electron chi connectivity index (χ1n) is 24.3. The normalized spacial score (nSPS) is 13.0. The van der Waals surface area contributed by atoms with Crippen LogP contribution in [0.15, 0.2) is 170 Å². The molecule has 0 fully saturated rings. The number of hydrogen-bond donors (Lipinski definition) is 0. The topological polar surface area (TPSA) is 0 Å². The summed E-state index contributed by atoms with van der Waals surface area (Å²) in [5, 5.41) is 38.3. The first-order valence-corrected chi connectivity index (χ1v) is 24.3. The third-order valence-corrected chi connectivity index (χ3v) is 16.7. The molecular weight excluding hydrogens is 817 g/mol. The minimum atomic E-state index is 1.27. The molecule has 0 bridgehead atoms. The Balaban J connectivity index is 1.09. The Morgan fingerprint density at radius 3 is 1.15 bits per heavy atom. The van der Waals surface area contributed by atoms with Crippen LogP contribution in [0.2, 0.25) is 0 Å². The summed E-state index contributed by atoms with van der Waals surface area (Å²) in [6.45, 7) is 9.07. The van der Waals surface area contributed by atoms with E-state index in [1.807, 2.05) is 0 Å². The van der Waals surface area contributed by atoms with Crippen LogP contribution in [0, 0.1) is 27.7 Å². The van der Waals surface area contributed by atoms with Crippen LogP contribution in [0.5, 0.6) is 0 Å². The van der Waals surface area contributed by atoms with Crippen molar-refractivity contribution in [1.29, 1.82) is 0 Å². The molecule has 0 aliphatic heterocycles. The molecule has 68 heavy (non-hydrogen) atoms. The lowest BCUT2D eigenvalue weighted by Gasteiger charge is -2.15. The summed E-state index contributed by atoms with van der Waals surface area (Å²) in [4.78, 5) is 0. The molecule has 0 saturated carbocycles. The van der Waals surface area contributed by atoms with Gasteiger partial charge in [-0.25, -0.2) is 0 Å². The molecule has 0 radical (unpaired) electrons. The highest BCUT2D eigenvalue weighted by Gasteiger charge is 2.30. The quantitative estimate of drug-likeness (QED) is 0.120. The van der Waals surface area contributed by atoms with Crippen LogP contribution in [-0.4, -0.2) is 0 Å². The predicted molar refractivity (Wildman–Crippen MR) is 297 cm³/mol. The van der Waals surface area contributed by atoms with Gasteiger partial charge in [-0.2, -0.15) is 0 Å². The van der Waals surface area contributed by atoms with Gasteiger partial charge in [-0.05, 0) is 206 Å². The van der Waals surface area contributed by atoms with E-state index < -0.39 is 0 Å². The maximum atomic E-state index is 2.50.